The van der Waals surface area contributed by atoms with Crippen LogP contribution in [0.25, 0.3) is 10.2 Å². The van der Waals surface area contributed by atoms with Gasteiger partial charge < -0.3 is 4.90 Å². The Morgan fingerprint density at radius 2 is 2.00 bits per heavy atom. The van der Waals surface area contributed by atoms with Crippen molar-refractivity contribution < 1.29 is 0 Å². The lowest BCUT2D eigenvalue weighted by atomic mass is 10.3. The third-order valence-electron chi connectivity index (χ3n) is 2.27. The van der Waals surface area contributed by atoms with Crippen molar-refractivity contribution in [2.75, 3.05) is 13.1 Å². The first-order valence-electron chi connectivity index (χ1n) is 5.45. The van der Waals surface area contributed by atoms with Gasteiger partial charge >= 0.3 is 0 Å². The molecule has 5 heteroatoms. The van der Waals surface area contributed by atoms with Gasteiger partial charge in [-0.25, -0.2) is 4.98 Å². The highest BCUT2D eigenvalue weighted by Crippen LogP contribution is 2.15. The van der Waals surface area contributed by atoms with Gasteiger partial charge in [0.15, 0.2) is 0 Å². The zero-order valence-corrected chi connectivity index (χ0v) is 12.5. The fourth-order valence-corrected chi connectivity index (χ4v) is 2.52. The Morgan fingerprint density at radius 1 is 1.35 bits per heavy atom. The van der Waals surface area contributed by atoms with E-state index in [0.717, 1.165) is 18.6 Å². The molecule has 2 aromatic rings. The third kappa shape index (κ3) is 4.61. The number of rotatable bonds is 2. The fourth-order valence-electron chi connectivity index (χ4n) is 1.30. The maximum absolute atomic E-state index is 4.81. The van der Waals surface area contributed by atoms with Gasteiger partial charge in [0, 0.05) is 13.1 Å². The van der Waals surface area contributed by atoms with Crippen LogP contribution in [0.15, 0.2) is 29.8 Å². The average Bonchev–Trinajstić information content (AvgIpc) is 2.79. The van der Waals surface area contributed by atoms with Crippen LogP contribution < -0.4 is 0 Å². The SMILES string of the molecule is CCN(CC)C(=S)S.c1ccc2scnc2c1. The quantitative estimate of drug-likeness (QED) is 0.667. The van der Waals surface area contributed by atoms with Gasteiger partial charge in [-0.1, -0.05) is 24.4 Å². The van der Waals surface area contributed by atoms with Crippen molar-refractivity contribution >= 4 is 50.7 Å². The van der Waals surface area contributed by atoms with Crippen LogP contribution in [0.1, 0.15) is 13.8 Å². The van der Waals surface area contributed by atoms with Gasteiger partial charge in [-0.2, -0.15) is 0 Å². The summed E-state index contributed by atoms with van der Waals surface area (Å²) in [5.41, 5.74) is 2.97. The number of aromatic nitrogens is 1. The van der Waals surface area contributed by atoms with E-state index in [2.05, 4.69) is 37.5 Å². The normalized spacial score (nSPS) is 9.59. The van der Waals surface area contributed by atoms with Crippen LogP contribution in [-0.4, -0.2) is 27.3 Å². The van der Waals surface area contributed by atoms with Crippen LogP contribution in [0.2, 0.25) is 0 Å². The molecule has 0 aliphatic heterocycles. The number of thiol groups is 1. The predicted molar refractivity (Wildman–Crippen MR) is 84.1 cm³/mol. The summed E-state index contributed by atoms with van der Waals surface area (Å²) < 4.78 is 1.95. The molecular weight excluding hydrogens is 268 g/mol. The molecule has 0 fully saturated rings. The minimum absolute atomic E-state index is 0.690. The molecule has 0 aliphatic carbocycles. The standard InChI is InChI=1S/C7H5NS.C5H11NS2/c1-2-4-7-6(3-1)8-5-9-7;1-3-6(4-2)5(7)8/h1-5H;3-4H2,1-2H3,(H,7,8). The summed E-state index contributed by atoms with van der Waals surface area (Å²) in [5, 5.41) is 0. The van der Waals surface area contributed by atoms with Crippen LogP contribution in [-0.2, 0) is 0 Å². The van der Waals surface area contributed by atoms with Gasteiger partial charge in [0.2, 0.25) is 0 Å². The Labute approximate surface area is 117 Å². The minimum atomic E-state index is 0.690. The van der Waals surface area contributed by atoms with E-state index in [-0.39, 0.29) is 0 Å². The maximum Gasteiger partial charge on any atom is 0.133 e. The summed E-state index contributed by atoms with van der Waals surface area (Å²) in [6.07, 6.45) is 0. The predicted octanol–water partition coefficient (Wildman–Crippen LogP) is 3.84. The summed E-state index contributed by atoms with van der Waals surface area (Å²) in [4.78, 5) is 6.15. The van der Waals surface area contributed by atoms with E-state index in [0.29, 0.717) is 4.32 Å². The Balaban J connectivity index is 0.000000172. The lowest BCUT2D eigenvalue weighted by molar-refractivity contribution is 0.482. The van der Waals surface area contributed by atoms with Crippen LogP contribution in [0.5, 0.6) is 0 Å². The molecule has 1 heterocycles. The van der Waals surface area contributed by atoms with Crippen LogP contribution in [0, 0.1) is 0 Å². The molecule has 0 bridgehead atoms. The number of hydrogen-bond donors (Lipinski definition) is 1. The van der Waals surface area contributed by atoms with E-state index in [1.54, 1.807) is 11.3 Å². The van der Waals surface area contributed by atoms with Crippen molar-refractivity contribution in [2.24, 2.45) is 0 Å². The molecule has 2 rings (SSSR count). The Bertz CT molecular complexity index is 433. The first-order valence-corrected chi connectivity index (χ1v) is 7.18. The summed E-state index contributed by atoms with van der Waals surface area (Å²) in [7, 11) is 0. The molecule has 0 radical (unpaired) electrons. The van der Waals surface area contributed by atoms with Crippen molar-refractivity contribution in [1.82, 2.24) is 9.88 Å². The minimum Gasteiger partial charge on any atom is -0.358 e. The highest BCUT2D eigenvalue weighted by atomic mass is 32.1. The number of fused-ring (bicyclic) bond motifs is 1. The van der Waals surface area contributed by atoms with Crippen molar-refractivity contribution in [3.8, 4) is 0 Å². The summed E-state index contributed by atoms with van der Waals surface area (Å²) in [6, 6.07) is 8.13. The maximum atomic E-state index is 4.81. The second kappa shape index (κ2) is 7.63. The smallest absolute Gasteiger partial charge is 0.133 e. The van der Waals surface area contributed by atoms with Gasteiger partial charge in [-0.15, -0.1) is 24.0 Å². The Hall–Kier alpha value is -0.650. The molecule has 2 nitrogen and oxygen atoms in total. The molecular formula is C12H16N2S3. The van der Waals surface area contributed by atoms with E-state index < -0.39 is 0 Å². The molecule has 0 unspecified atom stereocenters. The molecule has 1 aromatic heterocycles. The van der Waals surface area contributed by atoms with E-state index in [4.69, 9.17) is 12.2 Å². The van der Waals surface area contributed by atoms with Crippen molar-refractivity contribution in [2.45, 2.75) is 13.8 Å². The van der Waals surface area contributed by atoms with Crippen molar-refractivity contribution in [3.05, 3.63) is 29.8 Å². The van der Waals surface area contributed by atoms with Gasteiger partial charge in [0.25, 0.3) is 0 Å². The third-order valence-corrected chi connectivity index (χ3v) is 3.62. The highest BCUT2D eigenvalue weighted by Gasteiger charge is 1.96. The van der Waals surface area contributed by atoms with Crippen LogP contribution >= 0.6 is 36.2 Å². The molecule has 17 heavy (non-hydrogen) atoms. The zero-order valence-electron chi connectivity index (χ0n) is 9.96. The number of nitrogens with zero attached hydrogens (tertiary/aromatic N) is 2. The van der Waals surface area contributed by atoms with Crippen molar-refractivity contribution in [1.29, 1.82) is 0 Å². The summed E-state index contributed by atoms with van der Waals surface area (Å²) in [6.45, 7) is 6.04. The van der Waals surface area contributed by atoms with Gasteiger partial charge in [-0.05, 0) is 26.0 Å². The van der Waals surface area contributed by atoms with Gasteiger partial charge in [-0.3, -0.25) is 0 Å². The number of thiocarbonyl (C=S) groups is 1. The average molecular weight is 284 g/mol. The number of hydrogen-bond acceptors (Lipinski definition) is 3. The Kier molecular flexibility index (Phi) is 6.47. The first kappa shape index (κ1) is 14.4. The number of thiazole rings is 1. The zero-order chi connectivity index (χ0) is 12.7. The second-order valence-corrected chi connectivity index (χ2v) is 5.27. The molecule has 0 aliphatic rings. The highest BCUT2D eigenvalue weighted by molar-refractivity contribution is 8.10. The molecule has 1 aromatic carbocycles. The molecule has 0 saturated carbocycles. The Morgan fingerprint density at radius 3 is 2.47 bits per heavy atom. The topological polar surface area (TPSA) is 16.1 Å². The number of benzene rings is 1. The lowest BCUT2D eigenvalue weighted by Gasteiger charge is -2.16. The molecule has 0 atom stereocenters. The molecule has 0 saturated heterocycles. The fraction of sp³-hybridized carbons (Fsp3) is 0.333. The van der Waals surface area contributed by atoms with E-state index >= 15 is 0 Å². The van der Waals surface area contributed by atoms with E-state index in [1.165, 1.54) is 4.70 Å². The molecule has 92 valence electrons. The molecule has 0 amide bonds. The van der Waals surface area contributed by atoms with Gasteiger partial charge in [0.05, 0.1) is 15.7 Å². The lowest BCUT2D eigenvalue weighted by Crippen LogP contribution is -2.24. The van der Waals surface area contributed by atoms with Crippen molar-refractivity contribution in [3.63, 3.8) is 0 Å². The molecule has 0 spiro atoms. The summed E-state index contributed by atoms with van der Waals surface area (Å²) >= 11 is 10.5. The van der Waals surface area contributed by atoms with E-state index in [9.17, 15) is 0 Å². The monoisotopic (exact) mass is 284 g/mol. The van der Waals surface area contributed by atoms with E-state index in [1.807, 2.05) is 28.6 Å². The van der Waals surface area contributed by atoms with Crippen LogP contribution in [0.3, 0.4) is 0 Å². The van der Waals surface area contributed by atoms with Crippen LogP contribution in [0.4, 0.5) is 0 Å². The van der Waals surface area contributed by atoms with Gasteiger partial charge in [0.1, 0.15) is 4.32 Å². The second-order valence-electron chi connectivity index (χ2n) is 3.27. The largest absolute Gasteiger partial charge is 0.358 e. The summed E-state index contributed by atoms with van der Waals surface area (Å²) in [5.74, 6) is 0. The first-order chi connectivity index (χ1) is 8.19. The number of para-hydroxylation sites is 1. The molecule has 0 N–H and O–H groups in total.